The molecule has 1 fully saturated rings. The van der Waals surface area contributed by atoms with Gasteiger partial charge in [-0.1, -0.05) is 64.8 Å². The van der Waals surface area contributed by atoms with E-state index in [0.29, 0.717) is 29.3 Å². The van der Waals surface area contributed by atoms with Gasteiger partial charge in [0.2, 0.25) is 11.6 Å². The van der Waals surface area contributed by atoms with Crippen molar-refractivity contribution in [2.24, 2.45) is 11.8 Å². The molecule has 2 aromatic carbocycles. The van der Waals surface area contributed by atoms with Crippen molar-refractivity contribution >= 4 is 23.5 Å². The van der Waals surface area contributed by atoms with Crippen LogP contribution in [0.3, 0.4) is 0 Å². The summed E-state index contributed by atoms with van der Waals surface area (Å²) in [6.45, 7) is 1.98. The molecule has 1 atom stereocenters. The van der Waals surface area contributed by atoms with Crippen LogP contribution in [0.15, 0.2) is 59.1 Å². The highest BCUT2D eigenvalue weighted by Crippen LogP contribution is 2.40. The van der Waals surface area contributed by atoms with Gasteiger partial charge in [-0.3, -0.25) is 4.79 Å². The number of hydrogen-bond donors (Lipinski definition) is 0. The molecule has 1 aliphatic rings. The Kier molecular flexibility index (Phi) is 7.41. The fourth-order valence-electron chi connectivity index (χ4n) is 4.75. The fraction of sp³-hybridized carbons (Fsp3) is 0.370. The monoisotopic (exact) mass is 463 g/mol. The zero-order chi connectivity index (χ0) is 23.4. The van der Waals surface area contributed by atoms with Crippen molar-refractivity contribution < 1.29 is 9.32 Å². The first-order valence-corrected chi connectivity index (χ1v) is 11.8. The lowest BCUT2D eigenvalue weighted by atomic mass is 9.76. The Balaban J connectivity index is 1.35. The maximum Gasteiger partial charge on any atom is 0.250 e. The molecule has 1 aromatic heterocycles. The third-order valence-electron chi connectivity index (χ3n) is 6.50. The van der Waals surface area contributed by atoms with Gasteiger partial charge in [0.1, 0.15) is 0 Å². The van der Waals surface area contributed by atoms with Crippen LogP contribution in [-0.4, -0.2) is 34.9 Å². The molecule has 3 aromatic rings. The van der Waals surface area contributed by atoms with Gasteiger partial charge in [0.15, 0.2) is 0 Å². The number of allylic oxidation sites excluding steroid dienone is 1. The summed E-state index contributed by atoms with van der Waals surface area (Å²) < 4.78 is 5.29. The summed E-state index contributed by atoms with van der Waals surface area (Å²) in [5, 5.41) is 4.64. The van der Waals surface area contributed by atoms with Gasteiger partial charge < -0.3 is 9.42 Å². The molecule has 33 heavy (non-hydrogen) atoms. The molecule has 6 heteroatoms. The van der Waals surface area contributed by atoms with Crippen LogP contribution in [0, 0.1) is 18.8 Å². The smallest absolute Gasteiger partial charge is 0.250 e. The topological polar surface area (TPSA) is 59.2 Å². The van der Waals surface area contributed by atoms with Crippen molar-refractivity contribution in [3.63, 3.8) is 0 Å². The highest BCUT2D eigenvalue weighted by atomic mass is 35.5. The largest absolute Gasteiger partial charge is 0.334 e. The summed E-state index contributed by atoms with van der Waals surface area (Å²) in [6.07, 6.45) is 8.54. The molecule has 0 N–H and O–H groups in total. The number of aryl methyl sites for hydroxylation is 1. The summed E-state index contributed by atoms with van der Waals surface area (Å²) in [5.41, 5.74) is 2.98. The van der Waals surface area contributed by atoms with Gasteiger partial charge >= 0.3 is 0 Å². The lowest BCUT2D eigenvalue weighted by molar-refractivity contribution is 0.102. The standard InChI is InChI=1S/C27H30ClN3O2/c1-18-4-9-22(10-5-18)26(32)27-29-24(33-30-27)17-8-19-6-11-20(12-7-19)25(31(2)3)21-13-15-23(28)16-14-21/h4-5,8-10,13-17,19-20,25H,6-7,11-12H2,1-3H3. The van der Waals surface area contributed by atoms with E-state index in [4.69, 9.17) is 16.1 Å². The summed E-state index contributed by atoms with van der Waals surface area (Å²) in [6, 6.07) is 16.0. The van der Waals surface area contributed by atoms with Crippen molar-refractivity contribution in [2.75, 3.05) is 14.1 Å². The van der Waals surface area contributed by atoms with E-state index < -0.39 is 0 Å². The Morgan fingerprint density at radius 2 is 1.73 bits per heavy atom. The molecule has 0 bridgehead atoms. The van der Waals surface area contributed by atoms with E-state index >= 15 is 0 Å². The van der Waals surface area contributed by atoms with Crippen molar-refractivity contribution in [3.05, 3.63) is 88.0 Å². The Morgan fingerprint density at radius 1 is 1.06 bits per heavy atom. The highest BCUT2D eigenvalue weighted by molar-refractivity contribution is 6.30. The van der Waals surface area contributed by atoms with E-state index in [1.54, 1.807) is 12.1 Å². The summed E-state index contributed by atoms with van der Waals surface area (Å²) in [7, 11) is 4.30. The minimum Gasteiger partial charge on any atom is -0.334 e. The van der Waals surface area contributed by atoms with E-state index in [2.05, 4.69) is 47.3 Å². The molecule has 0 radical (unpaired) electrons. The molecular weight excluding hydrogens is 434 g/mol. The quantitative estimate of drug-likeness (QED) is 0.380. The Labute approximate surface area is 200 Å². The Hall–Kier alpha value is -2.76. The Bertz CT molecular complexity index is 1100. The summed E-state index contributed by atoms with van der Waals surface area (Å²) in [4.78, 5) is 19.1. The first-order chi connectivity index (χ1) is 15.9. The molecule has 1 saturated carbocycles. The molecule has 5 nitrogen and oxygen atoms in total. The van der Waals surface area contributed by atoms with E-state index in [1.807, 2.05) is 37.3 Å². The predicted molar refractivity (Wildman–Crippen MR) is 131 cm³/mol. The zero-order valence-electron chi connectivity index (χ0n) is 19.4. The number of hydrogen-bond acceptors (Lipinski definition) is 5. The van der Waals surface area contributed by atoms with Crippen molar-refractivity contribution in [2.45, 2.75) is 38.6 Å². The van der Waals surface area contributed by atoms with Gasteiger partial charge in [-0.05, 0) is 82.3 Å². The van der Waals surface area contributed by atoms with Gasteiger partial charge in [-0.2, -0.15) is 4.98 Å². The van der Waals surface area contributed by atoms with Crippen LogP contribution < -0.4 is 0 Å². The molecule has 0 aliphatic heterocycles. The van der Waals surface area contributed by atoms with Crippen LogP contribution >= 0.6 is 11.6 Å². The zero-order valence-corrected chi connectivity index (χ0v) is 20.1. The van der Waals surface area contributed by atoms with E-state index in [-0.39, 0.29) is 11.6 Å². The third-order valence-corrected chi connectivity index (χ3v) is 6.75. The van der Waals surface area contributed by atoms with Crippen LogP contribution in [0.2, 0.25) is 5.02 Å². The maximum absolute atomic E-state index is 12.5. The second-order valence-corrected chi connectivity index (χ2v) is 9.58. The molecule has 0 amide bonds. The van der Waals surface area contributed by atoms with E-state index in [9.17, 15) is 4.79 Å². The molecular formula is C27H30ClN3O2. The number of nitrogens with zero attached hydrogens (tertiary/aromatic N) is 3. The van der Waals surface area contributed by atoms with Crippen LogP contribution in [0.1, 0.15) is 64.9 Å². The predicted octanol–water partition coefficient (Wildman–Crippen LogP) is 6.38. The summed E-state index contributed by atoms with van der Waals surface area (Å²) in [5.74, 6) is 1.32. The minimum atomic E-state index is -0.226. The van der Waals surface area contributed by atoms with Crippen molar-refractivity contribution in [1.82, 2.24) is 15.0 Å². The molecule has 0 saturated heterocycles. The van der Waals surface area contributed by atoms with Crippen LogP contribution in [0.5, 0.6) is 0 Å². The first kappa shape index (κ1) is 23.4. The Morgan fingerprint density at radius 3 is 2.36 bits per heavy atom. The molecule has 1 heterocycles. The second-order valence-electron chi connectivity index (χ2n) is 9.15. The SMILES string of the molecule is Cc1ccc(C(=O)c2noc(C=CC3CCC(C(c4ccc(Cl)cc4)N(C)C)CC3)n2)cc1. The van der Waals surface area contributed by atoms with Crippen molar-refractivity contribution in [1.29, 1.82) is 0 Å². The number of carbonyl (C=O) groups excluding carboxylic acids is 1. The maximum atomic E-state index is 12.5. The number of benzene rings is 2. The number of carbonyl (C=O) groups is 1. The van der Waals surface area contributed by atoms with E-state index in [0.717, 1.165) is 36.3 Å². The van der Waals surface area contributed by atoms with Gasteiger partial charge in [0.25, 0.3) is 5.89 Å². The van der Waals surface area contributed by atoms with Gasteiger partial charge in [-0.15, -0.1) is 0 Å². The number of ketones is 1. The van der Waals surface area contributed by atoms with Gasteiger partial charge in [0.05, 0.1) is 0 Å². The average molecular weight is 464 g/mol. The number of aromatic nitrogens is 2. The third kappa shape index (κ3) is 5.79. The van der Waals surface area contributed by atoms with Crippen molar-refractivity contribution in [3.8, 4) is 0 Å². The fourth-order valence-corrected chi connectivity index (χ4v) is 4.88. The molecule has 4 rings (SSSR count). The molecule has 0 spiro atoms. The van der Waals surface area contributed by atoms with Crippen LogP contribution in [0.4, 0.5) is 0 Å². The highest BCUT2D eigenvalue weighted by Gasteiger charge is 2.29. The summed E-state index contributed by atoms with van der Waals surface area (Å²) >= 11 is 6.08. The van der Waals surface area contributed by atoms with E-state index in [1.165, 1.54) is 5.56 Å². The lowest BCUT2D eigenvalue weighted by Crippen LogP contribution is -2.30. The number of halogens is 1. The lowest BCUT2D eigenvalue weighted by Gasteiger charge is -2.37. The average Bonchev–Trinajstić information content (AvgIpc) is 3.29. The van der Waals surface area contributed by atoms with Crippen LogP contribution in [-0.2, 0) is 0 Å². The molecule has 1 unspecified atom stereocenters. The second kappa shape index (κ2) is 10.4. The molecule has 1 aliphatic carbocycles. The van der Waals surface area contributed by atoms with Gasteiger partial charge in [0, 0.05) is 16.6 Å². The minimum absolute atomic E-state index is 0.0963. The van der Waals surface area contributed by atoms with Crippen LogP contribution in [0.25, 0.3) is 6.08 Å². The molecule has 172 valence electrons. The number of rotatable bonds is 7. The van der Waals surface area contributed by atoms with Gasteiger partial charge in [-0.25, -0.2) is 0 Å². The first-order valence-electron chi connectivity index (χ1n) is 11.5. The normalized spacial score (nSPS) is 19.8.